The molecule has 21 heavy (non-hydrogen) atoms. The summed E-state index contributed by atoms with van der Waals surface area (Å²) < 4.78 is 0. The van der Waals surface area contributed by atoms with Crippen molar-refractivity contribution in [1.82, 2.24) is 4.90 Å². The fraction of sp³-hybridized carbons (Fsp3) is 0.125. The van der Waals surface area contributed by atoms with Crippen LogP contribution in [0, 0.1) is 11.3 Å². The van der Waals surface area contributed by atoms with E-state index in [0.717, 1.165) is 11.1 Å². The molecule has 1 aliphatic rings. The van der Waals surface area contributed by atoms with Crippen molar-refractivity contribution in [2.24, 2.45) is 0 Å². The average molecular weight is 298 g/mol. The summed E-state index contributed by atoms with van der Waals surface area (Å²) in [5, 5.41) is 9.34. The molecule has 4 nitrogen and oxygen atoms in total. The molecule has 104 valence electrons. The number of hydrogen-bond acceptors (Lipinski definition) is 3. The first kappa shape index (κ1) is 13.5. The molecule has 0 saturated heterocycles. The molecule has 0 atom stereocenters. The lowest BCUT2D eigenvalue weighted by molar-refractivity contribution is 0.0767. The summed E-state index contributed by atoms with van der Waals surface area (Å²) in [7, 11) is 0. The summed E-state index contributed by atoms with van der Waals surface area (Å²) >= 11 is 6.16. The highest BCUT2D eigenvalue weighted by Gasteiger charge is 2.27. The van der Waals surface area contributed by atoms with Crippen LogP contribution in [0.3, 0.4) is 0 Å². The second-order valence-electron chi connectivity index (χ2n) is 5.00. The molecule has 0 bridgehead atoms. The van der Waals surface area contributed by atoms with Gasteiger partial charge < -0.3 is 10.6 Å². The molecule has 3 rings (SSSR count). The Labute approximate surface area is 127 Å². The largest absolute Gasteiger partial charge is 0.399 e. The van der Waals surface area contributed by atoms with Gasteiger partial charge in [0.05, 0.1) is 11.6 Å². The number of halogens is 1. The van der Waals surface area contributed by atoms with Crippen LogP contribution < -0.4 is 5.73 Å². The number of carbonyl (C=O) groups excluding carboxylic acids is 1. The Balaban J connectivity index is 1.85. The van der Waals surface area contributed by atoms with Gasteiger partial charge in [-0.15, -0.1) is 0 Å². The quantitative estimate of drug-likeness (QED) is 0.866. The fourth-order valence-corrected chi connectivity index (χ4v) is 2.70. The number of nitrogens with two attached hydrogens (primary N) is 1. The van der Waals surface area contributed by atoms with Crippen molar-refractivity contribution in [3.05, 3.63) is 63.7 Å². The van der Waals surface area contributed by atoms with E-state index >= 15 is 0 Å². The molecule has 1 heterocycles. The summed E-state index contributed by atoms with van der Waals surface area (Å²) in [5.41, 5.74) is 9.26. The average Bonchev–Trinajstić information content (AvgIpc) is 2.78. The van der Waals surface area contributed by atoms with Gasteiger partial charge in [0, 0.05) is 29.4 Å². The maximum absolute atomic E-state index is 12.4. The molecule has 1 aliphatic heterocycles. The first-order valence-corrected chi connectivity index (χ1v) is 6.82. The maximum atomic E-state index is 12.4. The van der Waals surface area contributed by atoms with Crippen molar-refractivity contribution in [3.8, 4) is 6.07 Å². The van der Waals surface area contributed by atoms with Crippen molar-refractivity contribution >= 4 is 23.2 Å². The lowest BCUT2D eigenvalue weighted by Gasteiger charge is -2.16. The van der Waals surface area contributed by atoms with Gasteiger partial charge in [0.2, 0.25) is 0 Å². The first-order valence-electron chi connectivity index (χ1n) is 6.44. The van der Waals surface area contributed by atoms with Gasteiger partial charge in [-0.05, 0) is 35.4 Å². The Morgan fingerprint density at radius 3 is 2.81 bits per heavy atom. The van der Waals surface area contributed by atoms with Crippen molar-refractivity contribution in [2.45, 2.75) is 13.1 Å². The van der Waals surface area contributed by atoms with Crippen molar-refractivity contribution in [3.63, 3.8) is 0 Å². The minimum atomic E-state index is -0.0438. The van der Waals surface area contributed by atoms with E-state index in [9.17, 15) is 4.79 Å². The highest BCUT2D eigenvalue weighted by molar-refractivity contribution is 6.31. The van der Waals surface area contributed by atoms with E-state index in [2.05, 4.69) is 0 Å². The van der Waals surface area contributed by atoms with E-state index in [1.165, 1.54) is 0 Å². The predicted molar refractivity (Wildman–Crippen MR) is 80.6 cm³/mol. The first-order chi connectivity index (χ1) is 10.1. The molecule has 2 aromatic carbocycles. The Hall–Kier alpha value is -2.51. The predicted octanol–water partition coefficient (Wildman–Crippen LogP) is 2.95. The minimum Gasteiger partial charge on any atom is -0.399 e. The third-order valence-corrected chi connectivity index (χ3v) is 3.91. The molecule has 0 aromatic heterocycles. The molecule has 0 radical (unpaired) electrons. The van der Waals surface area contributed by atoms with Gasteiger partial charge in [0.25, 0.3) is 5.91 Å². The lowest BCUT2D eigenvalue weighted by atomic mass is 10.1. The van der Waals surface area contributed by atoms with E-state index in [1.807, 2.05) is 12.1 Å². The number of benzene rings is 2. The zero-order chi connectivity index (χ0) is 15.0. The molecule has 1 amide bonds. The number of anilines is 1. The van der Waals surface area contributed by atoms with Crippen LogP contribution in [0.2, 0.25) is 5.02 Å². The van der Waals surface area contributed by atoms with Gasteiger partial charge in [-0.1, -0.05) is 23.7 Å². The maximum Gasteiger partial charge on any atom is 0.254 e. The van der Waals surface area contributed by atoms with Crippen molar-refractivity contribution in [2.75, 3.05) is 5.73 Å². The molecule has 0 aliphatic carbocycles. The number of amides is 1. The van der Waals surface area contributed by atoms with Crippen LogP contribution in [-0.4, -0.2) is 10.8 Å². The van der Waals surface area contributed by atoms with Gasteiger partial charge >= 0.3 is 0 Å². The summed E-state index contributed by atoms with van der Waals surface area (Å²) in [6, 6.07) is 12.5. The number of carbonyl (C=O) groups is 1. The highest BCUT2D eigenvalue weighted by Crippen LogP contribution is 2.28. The number of nitrogens with zero attached hydrogens (tertiary/aromatic N) is 2. The van der Waals surface area contributed by atoms with Crippen molar-refractivity contribution < 1.29 is 4.79 Å². The minimum absolute atomic E-state index is 0.0438. The molecule has 0 saturated carbocycles. The summed E-state index contributed by atoms with van der Waals surface area (Å²) in [4.78, 5) is 14.1. The molecule has 2 N–H and O–H groups in total. The standard InChI is InChI=1S/C16H12ClN3O/c17-15-5-10(7-18)1-2-12(15)9-20-8-11-3-4-13(19)6-14(11)16(20)21/h1-6H,8-9,19H2. The van der Waals surface area contributed by atoms with Crippen molar-refractivity contribution in [1.29, 1.82) is 5.26 Å². The summed E-state index contributed by atoms with van der Waals surface area (Å²) in [6.45, 7) is 0.961. The Morgan fingerprint density at radius 2 is 2.10 bits per heavy atom. The van der Waals surface area contributed by atoms with Gasteiger partial charge in [-0.25, -0.2) is 0 Å². The zero-order valence-electron chi connectivity index (χ0n) is 11.1. The summed E-state index contributed by atoms with van der Waals surface area (Å²) in [6.07, 6.45) is 0. The second-order valence-corrected chi connectivity index (χ2v) is 5.40. The molecule has 5 heteroatoms. The molecule has 0 spiro atoms. The SMILES string of the molecule is N#Cc1ccc(CN2Cc3ccc(N)cc3C2=O)c(Cl)c1. The van der Waals surface area contributed by atoms with E-state index in [-0.39, 0.29) is 5.91 Å². The lowest BCUT2D eigenvalue weighted by Crippen LogP contribution is -2.23. The number of hydrogen-bond donors (Lipinski definition) is 1. The van der Waals surface area contributed by atoms with Crippen LogP contribution in [-0.2, 0) is 13.1 Å². The number of fused-ring (bicyclic) bond motifs is 1. The van der Waals surface area contributed by atoms with E-state index < -0.39 is 0 Å². The second kappa shape index (κ2) is 5.12. The highest BCUT2D eigenvalue weighted by atomic mass is 35.5. The Morgan fingerprint density at radius 1 is 1.29 bits per heavy atom. The monoisotopic (exact) mass is 297 g/mol. The van der Waals surface area contributed by atoms with Crippen LogP contribution in [0.4, 0.5) is 5.69 Å². The zero-order valence-corrected chi connectivity index (χ0v) is 11.9. The number of nitrogen functional groups attached to an aromatic ring is 1. The van der Waals surface area contributed by atoms with Crippen LogP contribution >= 0.6 is 11.6 Å². The van der Waals surface area contributed by atoms with E-state index in [4.69, 9.17) is 22.6 Å². The van der Waals surface area contributed by atoms with Gasteiger partial charge in [0.15, 0.2) is 0 Å². The fourth-order valence-electron chi connectivity index (χ4n) is 2.46. The van der Waals surface area contributed by atoms with Crippen LogP contribution in [0.25, 0.3) is 0 Å². The van der Waals surface area contributed by atoms with E-state index in [1.54, 1.807) is 35.2 Å². The third kappa shape index (κ3) is 2.44. The Kier molecular flexibility index (Phi) is 3.28. The van der Waals surface area contributed by atoms with Crippen LogP contribution in [0.15, 0.2) is 36.4 Å². The van der Waals surface area contributed by atoms with Gasteiger partial charge in [-0.2, -0.15) is 5.26 Å². The summed E-state index contributed by atoms with van der Waals surface area (Å²) in [5.74, 6) is -0.0438. The van der Waals surface area contributed by atoms with Gasteiger partial charge in [-0.3, -0.25) is 4.79 Å². The Bertz CT molecular complexity index is 780. The van der Waals surface area contributed by atoms with Gasteiger partial charge in [0.1, 0.15) is 0 Å². The third-order valence-electron chi connectivity index (χ3n) is 3.56. The molecule has 2 aromatic rings. The smallest absolute Gasteiger partial charge is 0.254 e. The molecular formula is C16H12ClN3O. The van der Waals surface area contributed by atoms with E-state index in [0.29, 0.717) is 34.9 Å². The number of rotatable bonds is 2. The molecule has 0 fully saturated rings. The molecular weight excluding hydrogens is 286 g/mol. The topological polar surface area (TPSA) is 70.1 Å². The normalized spacial score (nSPS) is 13.1. The molecule has 0 unspecified atom stereocenters. The number of nitriles is 1. The van der Waals surface area contributed by atoms with Crippen LogP contribution in [0.1, 0.15) is 27.0 Å². The van der Waals surface area contributed by atoms with Crippen LogP contribution in [0.5, 0.6) is 0 Å².